The fraction of sp³-hybridized carbons (Fsp3) is 0.250. The van der Waals surface area contributed by atoms with Crippen LogP contribution in [-0.4, -0.2) is 19.2 Å². The van der Waals surface area contributed by atoms with Crippen LogP contribution < -0.4 is 9.47 Å². The molecule has 1 aromatic heterocycles. The van der Waals surface area contributed by atoms with E-state index in [2.05, 4.69) is 20.9 Å². The highest BCUT2D eigenvalue weighted by molar-refractivity contribution is 9.10. The third kappa shape index (κ3) is 2.60. The lowest BCUT2D eigenvalue weighted by atomic mass is 10.1. The van der Waals surface area contributed by atoms with Crippen molar-refractivity contribution < 1.29 is 22.6 Å². The number of alkyl halides is 3. The van der Waals surface area contributed by atoms with Crippen molar-refractivity contribution >= 4 is 26.8 Å². The molecule has 0 amide bonds. The smallest absolute Gasteiger partial charge is 0.417 e. The summed E-state index contributed by atoms with van der Waals surface area (Å²) in [5.41, 5.74) is -0.651. The molecular formula is C12H9BrF3NO2. The first-order valence-corrected chi connectivity index (χ1v) is 5.95. The Morgan fingerprint density at radius 2 is 1.79 bits per heavy atom. The lowest BCUT2D eigenvalue weighted by molar-refractivity contribution is -0.136. The van der Waals surface area contributed by atoms with Gasteiger partial charge in [-0.05, 0) is 22.0 Å². The Kier molecular flexibility index (Phi) is 3.58. The second-order valence-electron chi connectivity index (χ2n) is 3.71. The van der Waals surface area contributed by atoms with E-state index in [4.69, 9.17) is 9.47 Å². The van der Waals surface area contributed by atoms with Gasteiger partial charge < -0.3 is 9.47 Å². The van der Waals surface area contributed by atoms with Gasteiger partial charge in [0.05, 0.1) is 30.7 Å². The highest BCUT2D eigenvalue weighted by Gasteiger charge is 2.34. The van der Waals surface area contributed by atoms with E-state index in [1.165, 1.54) is 26.4 Å². The van der Waals surface area contributed by atoms with Gasteiger partial charge in [-0.25, -0.2) is 4.98 Å². The van der Waals surface area contributed by atoms with Crippen molar-refractivity contribution in [3.05, 3.63) is 28.4 Å². The number of hydrogen-bond donors (Lipinski definition) is 0. The molecule has 0 aliphatic carbocycles. The summed E-state index contributed by atoms with van der Waals surface area (Å²) in [6.07, 6.45) is -4.49. The van der Waals surface area contributed by atoms with Crippen molar-refractivity contribution in [2.75, 3.05) is 14.2 Å². The second-order valence-corrected chi connectivity index (χ2v) is 4.53. The zero-order valence-corrected chi connectivity index (χ0v) is 11.6. The number of benzene rings is 1. The predicted molar refractivity (Wildman–Crippen MR) is 67.5 cm³/mol. The van der Waals surface area contributed by atoms with E-state index in [0.717, 1.165) is 6.07 Å². The average Bonchev–Trinajstić information content (AvgIpc) is 2.34. The number of ether oxygens (including phenoxy) is 2. The Balaban J connectivity index is 2.90. The van der Waals surface area contributed by atoms with Crippen LogP contribution in [0.15, 0.2) is 22.8 Å². The molecule has 0 aliphatic heterocycles. The van der Waals surface area contributed by atoms with E-state index < -0.39 is 11.7 Å². The minimum absolute atomic E-state index is 0.0710. The van der Waals surface area contributed by atoms with E-state index in [0.29, 0.717) is 5.75 Å². The highest BCUT2D eigenvalue weighted by Crippen LogP contribution is 2.41. The molecule has 19 heavy (non-hydrogen) atoms. The van der Waals surface area contributed by atoms with Gasteiger partial charge in [-0.3, -0.25) is 0 Å². The molecule has 2 rings (SSSR count). The third-order valence-electron chi connectivity index (χ3n) is 2.58. The fourth-order valence-corrected chi connectivity index (χ4v) is 2.20. The summed E-state index contributed by atoms with van der Waals surface area (Å²) in [6, 6.07) is 3.75. The van der Waals surface area contributed by atoms with Crippen LogP contribution in [0.4, 0.5) is 13.2 Å². The minimum Gasteiger partial charge on any atom is -0.497 e. The summed E-state index contributed by atoms with van der Waals surface area (Å²) in [5.74, 6) is 0.449. The molecule has 0 fully saturated rings. The molecule has 0 radical (unpaired) electrons. The Morgan fingerprint density at radius 1 is 1.11 bits per heavy atom. The number of fused-ring (bicyclic) bond motifs is 1. The maximum atomic E-state index is 13.1. The molecule has 0 bridgehead atoms. The van der Waals surface area contributed by atoms with Gasteiger partial charge in [-0.15, -0.1) is 0 Å². The lowest BCUT2D eigenvalue weighted by Crippen LogP contribution is -2.07. The molecule has 0 saturated carbocycles. The number of methoxy groups -OCH3 is 2. The number of pyridine rings is 1. The molecule has 0 atom stereocenters. The van der Waals surface area contributed by atoms with E-state index in [-0.39, 0.29) is 21.3 Å². The monoisotopic (exact) mass is 335 g/mol. The van der Waals surface area contributed by atoms with Crippen LogP contribution in [0, 0.1) is 0 Å². The average molecular weight is 336 g/mol. The summed E-state index contributed by atoms with van der Waals surface area (Å²) >= 11 is 2.98. The van der Waals surface area contributed by atoms with Crippen molar-refractivity contribution in [3.63, 3.8) is 0 Å². The molecule has 102 valence electrons. The summed E-state index contributed by atoms with van der Waals surface area (Å²) in [6.45, 7) is 0. The largest absolute Gasteiger partial charge is 0.497 e. The van der Waals surface area contributed by atoms with Gasteiger partial charge in [-0.1, -0.05) is 0 Å². The zero-order chi connectivity index (χ0) is 14.2. The van der Waals surface area contributed by atoms with E-state index in [9.17, 15) is 13.2 Å². The molecule has 2 aromatic rings. The molecule has 3 nitrogen and oxygen atoms in total. The molecule has 0 unspecified atom stereocenters. The van der Waals surface area contributed by atoms with Crippen LogP contribution in [0.5, 0.6) is 11.5 Å². The van der Waals surface area contributed by atoms with Crippen molar-refractivity contribution in [1.29, 1.82) is 0 Å². The molecule has 1 aromatic carbocycles. The first-order chi connectivity index (χ1) is 8.86. The van der Waals surface area contributed by atoms with Gasteiger partial charge in [0.1, 0.15) is 16.1 Å². The fourth-order valence-electron chi connectivity index (χ4n) is 1.78. The van der Waals surface area contributed by atoms with Gasteiger partial charge in [0.25, 0.3) is 0 Å². The van der Waals surface area contributed by atoms with Crippen molar-refractivity contribution in [1.82, 2.24) is 4.98 Å². The highest BCUT2D eigenvalue weighted by atomic mass is 79.9. The maximum absolute atomic E-state index is 13.1. The van der Waals surface area contributed by atoms with E-state index >= 15 is 0 Å². The van der Waals surface area contributed by atoms with Crippen molar-refractivity contribution in [2.45, 2.75) is 6.18 Å². The molecule has 0 N–H and O–H groups in total. The molecular weight excluding hydrogens is 327 g/mol. The number of hydrogen-bond acceptors (Lipinski definition) is 3. The first kappa shape index (κ1) is 13.9. The number of nitrogens with zero attached hydrogens (tertiary/aromatic N) is 1. The Bertz CT molecular complexity index is 628. The van der Waals surface area contributed by atoms with Crippen LogP contribution in [0.3, 0.4) is 0 Å². The molecule has 1 heterocycles. The maximum Gasteiger partial charge on any atom is 0.417 e. The summed E-state index contributed by atoms with van der Waals surface area (Å²) in [4.78, 5) is 4.02. The van der Waals surface area contributed by atoms with Gasteiger partial charge in [0, 0.05) is 12.1 Å². The van der Waals surface area contributed by atoms with Crippen LogP contribution in [0.1, 0.15) is 5.56 Å². The standard InChI is InChI=1S/C12H9BrF3NO2/c1-18-6-3-8-11(9(4-6)19-2)7(12(14,15)16)5-10(13)17-8/h3-5H,1-2H3. The normalized spacial score (nSPS) is 11.7. The number of halogens is 4. The van der Waals surface area contributed by atoms with Gasteiger partial charge in [-0.2, -0.15) is 13.2 Å². The Hall–Kier alpha value is -1.50. The number of aromatic nitrogens is 1. The second kappa shape index (κ2) is 4.88. The van der Waals surface area contributed by atoms with Crippen LogP contribution in [0.25, 0.3) is 10.9 Å². The van der Waals surface area contributed by atoms with Gasteiger partial charge in [0.2, 0.25) is 0 Å². The summed E-state index contributed by atoms with van der Waals surface area (Å²) < 4.78 is 49.3. The Morgan fingerprint density at radius 3 is 2.32 bits per heavy atom. The quantitative estimate of drug-likeness (QED) is 0.776. The third-order valence-corrected chi connectivity index (χ3v) is 2.98. The summed E-state index contributed by atoms with van der Waals surface area (Å²) in [7, 11) is 2.72. The minimum atomic E-state index is -4.49. The molecule has 0 aliphatic rings. The van der Waals surface area contributed by atoms with Crippen LogP contribution >= 0.6 is 15.9 Å². The van der Waals surface area contributed by atoms with E-state index in [1.54, 1.807) is 0 Å². The topological polar surface area (TPSA) is 31.4 Å². The van der Waals surface area contributed by atoms with Crippen LogP contribution in [-0.2, 0) is 6.18 Å². The lowest BCUT2D eigenvalue weighted by Gasteiger charge is -2.14. The van der Waals surface area contributed by atoms with Gasteiger partial charge >= 0.3 is 6.18 Å². The molecule has 0 spiro atoms. The zero-order valence-electron chi connectivity index (χ0n) is 10.0. The number of rotatable bonds is 2. The van der Waals surface area contributed by atoms with Crippen LogP contribution in [0.2, 0.25) is 0 Å². The molecule has 0 saturated heterocycles. The summed E-state index contributed by atoms with van der Waals surface area (Å²) in [5, 5.41) is -0.0843. The van der Waals surface area contributed by atoms with Gasteiger partial charge in [0.15, 0.2) is 0 Å². The van der Waals surface area contributed by atoms with E-state index in [1.807, 2.05) is 0 Å². The van der Waals surface area contributed by atoms with Crippen molar-refractivity contribution in [3.8, 4) is 11.5 Å². The van der Waals surface area contributed by atoms with Crippen molar-refractivity contribution in [2.24, 2.45) is 0 Å². The SMILES string of the molecule is COc1cc(OC)c2c(C(F)(F)F)cc(Br)nc2c1. The Labute approximate surface area is 115 Å². The molecule has 7 heteroatoms. The predicted octanol–water partition coefficient (Wildman–Crippen LogP) is 4.03. The first-order valence-electron chi connectivity index (χ1n) is 5.16.